The summed E-state index contributed by atoms with van der Waals surface area (Å²) in [6.45, 7) is 2.31. The molecule has 3 nitrogen and oxygen atoms in total. The van der Waals surface area contributed by atoms with E-state index in [2.05, 4.69) is 17.1 Å². The first-order chi connectivity index (χ1) is 8.86. The Morgan fingerprint density at radius 2 is 2.06 bits per heavy atom. The standard InChI is InChI=1S/C15H18N2O/c16-9-11-1-2-15-13(7-11)8-14(10-17-15)12-3-5-18-6-4-12/h1-2,7-8,10,12H,3-6,9,16H2. The fraction of sp³-hybridized carbons (Fsp3) is 0.400. The van der Waals surface area contributed by atoms with Gasteiger partial charge in [-0.2, -0.15) is 0 Å². The summed E-state index contributed by atoms with van der Waals surface area (Å²) in [7, 11) is 0. The van der Waals surface area contributed by atoms with Gasteiger partial charge in [-0.05, 0) is 48.1 Å². The summed E-state index contributed by atoms with van der Waals surface area (Å²) in [5, 5.41) is 1.20. The Balaban J connectivity index is 1.97. The number of benzene rings is 1. The van der Waals surface area contributed by atoms with Crippen LogP contribution in [-0.2, 0) is 11.3 Å². The Bertz CT molecular complexity index is 547. The molecule has 2 aromatic rings. The molecule has 18 heavy (non-hydrogen) atoms. The molecular formula is C15H18N2O. The minimum Gasteiger partial charge on any atom is -0.381 e. The summed E-state index contributed by atoms with van der Waals surface area (Å²) in [6, 6.07) is 8.50. The maximum Gasteiger partial charge on any atom is 0.0702 e. The van der Waals surface area contributed by atoms with Crippen molar-refractivity contribution in [3.05, 3.63) is 41.6 Å². The molecule has 0 bridgehead atoms. The van der Waals surface area contributed by atoms with Gasteiger partial charge in [-0.1, -0.05) is 6.07 Å². The zero-order valence-corrected chi connectivity index (χ0v) is 10.4. The van der Waals surface area contributed by atoms with Gasteiger partial charge in [0.1, 0.15) is 0 Å². The summed E-state index contributed by atoms with van der Waals surface area (Å²) in [4.78, 5) is 4.55. The van der Waals surface area contributed by atoms with E-state index in [0.29, 0.717) is 12.5 Å². The second kappa shape index (κ2) is 5.04. The molecule has 0 radical (unpaired) electrons. The van der Waals surface area contributed by atoms with E-state index in [4.69, 9.17) is 10.5 Å². The van der Waals surface area contributed by atoms with Crippen LogP contribution in [0.3, 0.4) is 0 Å². The van der Waals surface area contributed by atoms with Gasteiger partial charge in [-0.3, -0.25) is 4.98 Å². The van der Waals surface area contributed by atoms with Crippen molar-refractivity contribution >= 4 is 10.9 Å². The van der Waals surface area contributed by atoms with E-state index in [1.807, 2.05) is 18.3 Å². The summed E-state index contributed by atoms with van der Waals surface area (Å²) < 4.78 is 5.41. The lowest BCUT2D eigenvalue weighted by molar-refractivity contribution is 0.0853. The topological polar surface area (TPSA) is 48.1 Å². The van der Waals surface area contributed by atoms with Gasteiger partial charge in [-0.15, -0.1) is 0 Å². The molecule has 0 atom stereocenters. The van der Waals surface area contributed by atoms with E-state index >= 15 is 0 Å². The Labute approximate surface area is 107 Å². The van der Waals surface area contributed by atoms with Crippen molar-refractivity contribution < 1.29 is 4.74 Å². The third-order valence-corrected chi connectivity index (χ3v) is 3.70. The summed E-state index contributed by atoms with van der Waals surface area (Å²) in [5.41, 5.74) is 9.22. The van der Waals surface area contributed by atoms with E-state index in [9.17, 15) is 0 Å². The van der Waals surface area contributed by atoms with E-state index < -0.39 is 0 Å². The fourth-order valence-electron chi connectivity index (χ4n) is 2.58. The Morgan fingerprint density at radius 1 is 1.22 bits per heavy atom. The number of hydrogen-bond acceptors (Lipinski definition) is 3. The van der Waals surface area contributed by atoms with Crippen molar-refractivity contribution in [1.82, 2.24) is 4.98 Å². The van der Waals surface area contributed by atoms with Gasteiger partial charge in [0.2, 0.25) is 0 Å². The Morgan fingerprint density at radius 3 is 2.83 bits per heavy atom. The first-order valence-electron chi connectivity index (χ1n) is 6.53. The van der Waals surface area contributed by atoms with Gasteiger partial charge in [0.05, 0.1) is 5.52 Å². The molecule has 94 valence electrons. The zero-order valence-electron chi connectivity index (χ0n) is 10.4. The van der Waals surface area contributed by atoms with Gasteiger partial charge < -0.3 is 10.5 Å². The van der Waals surface area contributed by atoms with Crippen molar-refractivity contribution in [2.75, 3.05) is 13.2 Å². The molecule has 3 rings (SSSR count). The Kier molecular flexibility index (Phi) is 3.26. The summed E-state index contributed by atoms with van der Waals surface area (Å²) >= 11 is 0. The quantitative estimate of drug-likeness (QED) is 0.880. The van der Waals surface area contributed by atoms with E-state index in [0.717, 1.165) is 37.1 Å². The van der Waals surface area contributed by atoms with E-state index in [-0.39, 0.29) is 0 Å². The van der Waals surface area contributed by atoms with Gasteiger partial charge in [0.25, 0.3) is 0 Å². The first-order valence-corrected chi connectivity index (χ1v) is 6.53. The minimum absolute atomic E-state index is 0.581. The van der Waals surface area contributed by atoms with E-state index in [1.165, 1.54) is 10.9 Å². The lowest BCUT2D eigenvalue weighted by atomic mass is 9.92. The molecule has 2 N–H and O–H groups in total. The highest BCUT2D eigenvalue weighted by Gasteiger charge is 2.16. The van der Waals surface area contributed by atoms with Crippen LogP contribution in [0.1, 0.15) is 29.9 Å². The van der Waals surface area contributed by atoms with Gasteiger partial charge in [-0.25, -0.2) is 0 Å². The molecule has 1 saturated heterocycles. The van der Waals surface area contributed by atoms with Gasteiger partial charge in [0.15, 0.2) is 0 Å². The molecule has 1 aliphatic rings. The zero-order chi connectivity index (χ0) is 12.4. The van der Waals surface area contributed by atoms with Crippen molar-refractivity contribution in [2.24, 2.45) is 5.73 Å². The molecular weight excluding hydrogens is 224 g/mol. The summed E-state index contributed by atoms with van der Waals surface area (Å²) in [5.74, 6) is 0.595. The molecule has 0 aliphatic carbocycles. The Hall–Kier alpha value is -1.45. The lowest BCUT2D eigenvalue weighted by Crippen LogP contribution is -2.14. The predicted octanol–water partition coefficient (Wildman–Crippen LogP) is 2.59. The van der Waals surface area contributed by atoms with Crippen LogP contribution in [0.15, 0.2) is 30.5 Å². The number of nitrogens with zero attached hydrogens (tertiary/aromatic N) is 1. The molecule has 1 aromatic carbocycles. The number of rotatable bonds is 2. The second-order valence-corrected chi connectivity index (χ2v) is 4.89. The maximum atomic E-state index is 5.68. The molecule has 2 heterocycles. The average Bonchev–Trinajstić information content (AvgIpc) is 2.47. The number of fused-ring (bicyclic) bond motifs is 1. The highest BCUT2D eigenvalue weighted by atomic mass is 16.5. The number of aromatic nitrogens is 1. The molecule has 0 spiro atoms. The number of nitrogens with two attached hydrogens (primary N) is 1. The number of pyridine rings is 1. The number of hydrogen-bond donors (Lipinski definition) is 1. The van der Waals surface area contributed by atoms with Crippen LogP contribution in [0.2, 0.25) is 0 Å². The molecule has 0 saturated carbocycles. The summed E-state index contributed by atoms with van der Waals surface area (Å²) in [6.07, 6.45) is 4.22. The molecule has 1 aromatic heterocycles. The normalized spacial score (nSPS) is 17.2. The first kappa shape index (κ1) is 11.6. The lowest BCUT2D eigenvalue weighted by Gasteiger charge is -2.22. The van der Waals surface area contributed by atoms with Crippen LogP contribution in [0.4, 0.5) is 0 Å². The van der Waals surface area contributed by atoms with Crippen LogP contribution in [-0.4, -0.2) is 18.2 Å². The minimum atomic E-state index is 0.581. The monoisotopic (exact) mass is 242 g/mol. The second-order valence-electron chi connectivity index (χ2n) is 4.89. The maximum absolute atomic E-state index is 5.68. The average molecular weight is 242 g/mol. The smallest absolute Gasteiger partial charge is 0.0702 e. The highest BCUT2D eigenvalue weighted by molar-refractivity contribution is 5.79. The van der Waals surface area contributed by atoms with Crippen molar-refractivity contribution in [3.63, 3.8) is 0 Å². The van der Waals surface area contributed by atoms with Crippen LogP contribution < -0.4 is 5.73 Å². The van der Waals surface area contributed by atoms with Crippen LogP contribution in [0, 0.1) is 0 Å². The third kappa shape index (κ3) is 2.24. The van der Waals surface area contributed by atoms with Crippen molar-refractivity contribution in [1.29, 1.82) is 0 Å². The molecule has 0 amide bonds. The largest absolute Gasteiger partial charge is 0.381 e. The number of ether oxygens (including phenoxy) is 1. The fourth-order valence-corrected chi connectivity index (χ4v) is 2.58. The molecule has 1 fully saturated rings. The van der Waals surface area contributed by atoms with Crippen LogP contribution >= 0.6 is 0 Å². The van der Waals surface area contributed by atoms with Gasteiger partial charge >= 0.3 is 0 Å². The predicted molar refractivity (Wildman–Crippen MR) is 72.4 cm³/mol. The van der Waals surface area contributed by atoms with E-state index in [1.54, 1.807) is 0 Å². The van der Waals surface area contributed by atoms with Gasteiger partial charge in [0, 0.05) is 31.3 Å². The molecule has 1 aliphatic heterocycles. The van der Waals surface area contributed by atoms with Crippen LogP contribution in [0.25, 0.3) is 10.9 Å². The molecule has 3 heteroatoms. The molecule has 0 unspecified atom stereocenters. The highest BCUT2D eigenvalue weighted by Crippen LogP contribution is 2.28. The van der Waals surface area contributed by atoms with Crippen molar-refractivity contribution in [3.8, 4) is 0 Å². The third-order valence-electron chi connectivity index (χ3n) is 3.70. The SMILES string of the molecule is NCc1ccc2ncc(C3CCOCC3)cc2c1. The van der Waals surface area contributed by atoms with Crippen LogP contribution in [0.5, 0.6) is 0 Å². The van der Waals surface area contributed by atoms with Crippen molar-refractivity contribution in [2.45, 2.75) is 25.3 Å².